The smallest absolute Gasteiger partial charge is 0.326 e. The predicted molar refractivity (Wildman–Crippen MR) is 91.5 cm³/mol. The van der Waals surface area contributed by atoms with Gasteiger partial charge in [-0.2, -0.15) is 0 Å². The molecule has 0 aliphatic rings. The molecule has 6 heteroatoms. The first-order chi connectivity index (χ1) is 11.3. The van der Waals surface area contributed by atoms with E-state index in [1.807, 2.05) is 45.0 Å². The quantitative estimate of drug-likeness (QED) is 0.640. The van der Waals surface area contributed by atoms with E-state index in [-0.39, 0.29) is 24.8 Å². The zero-order valence-electron chi connectivity index (χ0n) is 14.5. The van der Waals surface area contributed by atoms with E-state index >= 15 is 0 Å². The van der Waals surface area contributed by atoms with Gasteiger partial charge in [0.05, 0.1) is 6.54 Å². The molecule has 1 aromatic rings. The molecule has 24 heavy (non-hydrogen) atoms. The van der Waals surface area contributed by atoms with Gasteiger partial charge < -0.3 is 15.7 Å². The van der Waals surface area contributed by atoms with Crippen molar-refractivity contribution in [1.82, 2.24) is 10.6 Å². The minimum Gasteiger partial charge on any atom is -0.480 e. The third kappa shape index (κ3) is 7.76. The SMILES string of the molecule is Cc1ccc(CCC(=O)NCC(=O)NC(CC(C)C)C(=O)O)cc1. The van der Waals surface area contributed by atoms with Gasteiger partial charge in [-0.15, -0.1) is 0 Å². The maximum atomic E-state index is 11.8. The molecule has 0 radical (unpaired) electrons. The molecule has 1 atom stereocenters. The standard InChI is InChI=1S/C18H26N2O4/c1-12(2)10-15(18(23)24)20-17(22)11-19-16(21)9-8-14-6-4-13(3)5-7-14/h4-7,12,15H,8-11H2,1-3H3,(H,19,21)(H,20,22)(H,23,24). The number of benzene rings is 1. The molecule has 3 N–H and O–H groups in total. The number of rotatable bonds is 9. The minimum atomic E-state index is -1.07. The molecule has 0 aliphatic heterocycles. The normalized spacial score (nSPS) is 11.8. The zero-order chi connectivity index (χ0) is 18.1. The predicted octanol–water partition coefficient (Wildman–Crippen LogP) is 1.66. The van der Waals surface area contributed by atoms with E-state index in [0.717, 1.165) is 11.1 Å². The maximum Gasteiger partial charge on any atom is 0.326 e. The molecular formula is C18H26N2O4. The van der Waals surface area contributed by atoms with Gasteiger partial charge in [0.2, 0.25) is 11.8 Å². The Morgan fingerprint density at radius 2 is 1.71 bits per heavy atom. The summed E-state index contributed by atoms with van der Waals surface area (Å²) in [5, 5.41) is 14.0. The van der Waals surface area contributed by atoms with Crippen molar-refractivity contribution < 1.29 is 19.5 Å². The molecule has 0 bridgehead atoms. The lowest BCUT2D eigenvalue weighted by Gasteiger charge is -2.16. The summed E-state index contributed by atoms with van der Waals surface area (Å²) >= 11 is 0. The first-order valence-corrected chi connectivity index (χ1v) is 8.12. The fraction of sp³-hybridized carbons (Fsp3) is 0.500. The highest BCUT2D eigenvalue weighted by Gasteiger charge is 2.21. The molecule has 2 amide bonds. The Hall–Kier alpha value is -2.37. The monoisotopic (exact) mass is 334 g/mol. The largest absolute Gasteiger partial charge is 0.480 e. The van der Waals surface area contributed by atoms with Crippen LogP contribution in [0.1, 0.15) is 37.8 Å². The topological polar surface area (TPSA) is 95.5 Å². The fourth-order valence-corrected chi connectivity index (χ4v) is 2.22. The molecule has 1 unspecified atom stereocenters. The minimum absolute atomic E-state index is 0.149. The lowest BCUT2D eigenvalue weighted by molar-refractivity contribution is -0.142. The molecule has 132 valence electrons. The van der Waals surface area contributed by atoms with Crippen LogP contribution < -0.4 is 10.6 Å². The van der Waals surface area contributed by atoms with Crippen molar-refractivity contribution in [3.8, 4) is 0 Å². The van der Waals surface area contributed by atoms with Crippen LogP contribution >= 0.6 is 0 Å². The van der Waals surface area contributed by atoms with Crippen molar-refractivity contribution in [1.29, 1.82) is 0 Å². The molecule has 1 rings (SSSR count). The van der Waals surface area contributed by atoms with Gasteiger partial charge in [-0.05, 0) is 31.2 Å². The maximum absolute atomic E-state index is 11.8. The van der Waals surface area contributed by atoms with Gasteiger partial charge in [0.1, 0.15) is 6.04 Å². The Morgan fingerprint density at radius 1 is 1.08 bits per heavy atom. The Morgan fingerprint density at radius 3 is 2.25 bits per heavy atom. The third-order valence-corrected chi connectivity index (χ3v) is 3.55. The average molecular weight is 334 g/mol. The fourth-order valence-electron chi connectivity index (χ4n) is 2.22. The number of hydrogen-bond acceptors (Lipinski definition) is 3. The van der Waals surface area contributed by atoms with E-state index in [0.29, 0.717) is 12.8 Å². The number of carbonyl (C=O) groups is 3. The van der Waals surface area contributed by atoms with E-state index in [4.69, 9.17) is 5.11 Å². The number of hydrogen-bond donors (Lipinski definition) is 3. The summed E-state index contributed by atoms with van der Waals surface area (Å²) in [6, 6.07) is 6.99. The number of aryl methyl sites for hydroxylation is 2. The first-order valence-electron chi connectivity index (χ1n) is 8.12. The number of aliphatic carboxylic acids is 1. The second-order valence-electron chi connectivity index (χ2n) is 6.35. The Balaban J connectivity index is 2.33. The Kier molecular flexibility index (Phi) is 7.95. The molecule has 0 spiro atoms. The van der Waals surface area contributed by atoms with Crippen LogP contribution in [0.4, 0.5) is 0 Å². The van der Waals surface area contributed by atoms with Crippen LogP contribution in [0.5, 0.6) is 0 Å². The Bertz CT molecular complexity index is 567. The molecule has 0 saturated heterocycles. The summed E-state index contributed by atoms with van der Waals surface area (Å²) in [7, 11) is 0. The Labute approximate surface area is 142 Å². The van der Waals surface area contributed by atoms with Crippen molar-refractivity contribution in [2.24, 2.45) is 5.92 Å². The van der Waals surface area contributed by atoms with Crippen molar-refractivity contribution in [2.75, 3.05) is 6.54 Å². The van der Waals surface area contributed by atoms with Crippen molar-refractivity contribution in [2.45, 2.75) is 46.1 Å². The van der Waals surface area contributed by atoms with E-state index in [2.05, 4.69) is 10.6 Å². The van der Waals surface area contributed by atoms with Gasteiger partial charge in [-0.25, -0.2) is 4.79 Å². The molecule has 0 aliphatic carbocycles. The summed E-state index contributed by atoms with van der Waals surface area (Å²) in [4.78, 5) is 34.6. The second kappa shape index (κ2) is 9.70. The summed E-state index contributed by atoms with van der Waals surface area (Å²) in [5.74, 6) is -1.65. The van der Waals surface area contributed by atoms with Crippen LogP contribution in [0.25, 0.3) is 0 Å². The van der Waals surface area contributed by atoms with Gasteiger partial charge in [0.15, 0.2) is 0 Å². The van der Waals surface area contributed by atoms with Crippen LogP contribution in [-0.2, 0) is 20.8 Å². The molecule has 0 fully saturated rings. The molecular weight excluding hydrogens is 308 g/mol. The summed E-state index contributed by atoms with van der Waals surface area (Å²) in [6.07, 6.45) is 1.23. The number of carboxylic acids is 1. The highest BCUT2D eigenvalue weighted by molar-refractivity contribution is 5.87. The lowest BCUT2D eigenvalue weighted by Crippen LogP contribution is -2.46. The van der Waals surface area contributed by atoms with E-state index in [1.165, 1.54) is 0 Å². The van der Waals surface area contributed by atoms with Crippen molar-refractivity contribution in [3.63, 3.8) is 0 Å². The van der Waals surface area contributed by atoms with Gasteiger partial charge in [0, 0.05) is 6.42 Å². The zero-order valence-corrected chi connectivity index (χ0v) is 14.5. The van der Waals surface area contributed by atoms with Gasteiger partial charge in [0.25, 0.3) is 0 Å². The van der Waals surface area contributed by atoms with E-state index < -0.39 is 17.9 Å². The second-order valence-corrected chi connectivity index (χ2v) is 6.35. The molecule has 0 saturated carbocycles. The molecule has 1 aromatic carbocycles. The number of carbonyl (C=O) groups excluding carboxylic acids is 2. The summed E-state index contributed by atoms with van der Waals surface area (Å²) in [5.41, 5.74) is 2.22. The molecule has 0 heterocycles. The van der Waals surface area contributed by atoms with E-state index in [1.54, 1.807) is 0 Å². The van der Waals surface area contributed by atoms with Crippen LogP contribution in [-0.4, -0.2) is 35.5 Å². The van der Waals surface area contributed by atoms with Crippen molar-refractivity contribution in [3.05, 3.63) is 35.4 Å². The van der Waals surface area contributed by atoms with E-state index in [9.17, 15) is 14.4 Å². The highest BCUT2D eigenvalue weighted by Crippen LogP contribution is 2.06. The van der Waals surface area contributed by atoms with Gasteiger partial charge >= 0.3 is 5.97 Å². The molecule has 0 aromatic heterocycles. The first kappa shape index (κ1) is 19.7. The third-order valence-electron chi connectivity index (χ3n) is 3.55. The summed E-state index contributed by atoms with van der Waals surface area (Å²) < 4.78 is 0. The van der Waals surface area contributed by atoms with Crippen molar-refractivity contribution >= 4 is 17.8 Å². The number of carboxylic acid groups (broad SMARTS) is 1. The average Bonchev–Trinajstić information content (AvgIpc) is 2.51. The van der Waals surface area contributed by atoms with Gasteiger partial charge in [-0.1, -0.05) is 43.7 Å². The highest BCUT2D eigenvalue weighted by atomic mass is 16.4. The number of amides is 2. The molecule has 6 nitrogen and oxygen atoms in total. The lowest BCUT2D eigenvalue weighted by atomic mass is 10.0. The van der Waals surface area contributed by atoms with Crippen LogP contribution in [0.3, 0.4) is 0 Å². The van der Waals surface area contributed by atoms with Crippen LogP contribution in [0, 0.1) is 12.8 Å². The summed E-state index contributed by atoms with van der Waals surface area (Å²) in [6.45, 7) is 5.55. The van der Waals surface area contributed by atoms with Gasteiger partial charge in [-0.3, -0.25) is 9.59 Å². The van der Waals surface area contributed by atoms with Crippen LogP contribution in [0.2, 0.25) is 0 Å². The number of nitrogens with one attached hydrogen (secondary N) is 2. The van der Waals surface area contributed by atoms with Crippen LogP contribution in [0.15, 0.2) is 24.3 Å².